The lowest BCUT2D eigenvalue weighted by Crippen LogP contribution is -3.18. The summed E-state index contributed by atoms with van der Waals surface area (Å²) in [6.45, 7) is 3.35. The highest BCUT2D eigenvalue weighted by Gasteiger charge is 2.45. The third-order valence-electron chi connectivity index (χ3n) is 4.06. The summed E-state index contributed by atoms with van der Waals surface area (Å²) in [4.78, 5) is 27.2. The average molecular weight is 275 g/mol. The minimum atomic E-state index is -0.213. The van der Waals surface area contributed by atoms with Crippen molar-refractivity contribution in [3.63, 3.8) is 0 Å². The predicted molar refractivity (Wildman–Crippen MR) is 71.9 cm³/mol. The normalized spacial score (nSPS) is 24.4. The lowest BCUT2D eigenvalue weighted by atomic mass is 10.2. The van der Waals surface area contributed by atoms with Gasteiger partial charge in [0.05, 0.1) is 26.2 Å². The summed E-state index contributed by atoms with van der Waals surface area (Å²) in [6.07, 6.45) is 0.334. The first-order valence-corrected chi connectivity index (χ1v) is 7.06. The van der Waals surface area contributed by atoms with E-state index in [4.69, 9.17) is 4.74 Å². The van der Waals surface area contributed by atoms with Crippen LogP contribution in [0.2, 0.25) is 0 Å². The zero-order chi connectivity index (χ0) is 13.9. The predicted octanol–water partition coefficient (Wildman–Crippen LogP) is -0.771. The van der Waals surface area contributed by atoms with Crippen LogP contribution in [0.4, 0.5) is 0 Å². The number of nitrogens with one attached hydrogen (secondary N) is 1. The van der Waals surface area contributed by atoms with Gasteiger partial charge in [-0.2, -0.15) is 0 Å². The number of hydrogen-bond donors (Lipinski definition) is 1. The fraction of sp³-hybridized carbons (Fsp3) is 0.467. The van der Waals surface area contributed by atoms with E-state index in [2.05, 4.69) is 0 Å². The Balaban J connectivity index is 1.70. The number of likely N-dealkylation sites (tertiary alicyclic amines) is 1. The molecule has 1 atom stereocenters. The summed E-state index contributed by atoms with van der Waals surface area (Å²) in [7, 11) is 0. The molecule has 0 spiro atoms. The molecule has 0 bridgehead atoms. The van der Waals surface area contributed by atoms with Crippen molar-refractivity contribution in [1.82, 2.24) is 4.90 Å². The molecule has 0 saturated carbocycles. The molecule has 0 unspecified atom stereocenters. The van der Waals surface area contributed by atoms with E-state index in [1.807, 2.05) is 30.3 Å². The van der Waals surface area contributed by atoms with Crippen molar-refractivity contribution in [2.45, 2.75) is 19.0 Å². The SMILES string of the molecule is O=C1C[C@@H]([NH+]2CCOCC2)C(=O)N1Cc1ccccc1. The van der Waals surface area contributed by atoms with Crippen molar-refractivity contribution in [3.05, 3.63) is 35.9 Å². The van der Waals surface area contributed by atoms with Crippen molar-refractivity contribution in [1.29, 1.82) is 0 Å². The number of rotatable bonds is 3. The second-order valence-electron chi connectivity index (χ2n) is 5.33. The molecule has 1 aromatic carbocycles. The molecule has 2 heterocycles. The van der Waals surface area contributed by atoms with Crippen LogP contribution in [0.15, 0.2) is 30.3 Å². The minimum absolute atomic E-state index is 0.0317. The summed E-state index contributed by atoms with van der Waals surface area (Å²) in [5, 5.41) is 0. The zero-order valence-electron chi connectivity index (χ0n) is 11.4. The molecule has 1 N–H and O–H groups in total. The first kappa shape index (κ1) is 13.3. The fourth-order valence-corrected chi connectivity index (χ4v) is 2.92. The van der Waals surface area contributed by atoms with Crippen molar-refractivity contribution in [2.24, 2.45) is 0 Å². The van der Waals surface area contributed by atoms with E-state index in [9.17, 15) is 9.59 Å². The molecule has 0 aromatic heterocycles. The van der Waals surface area contributed by atoms with E-state index in [0.717, 1.165) is 18.7 Å². The van der Waals surface area contributed by atoms with Crippen LogP contribution in [0.3, 0.4) is 0 Å². The molecule has 0 aliphatic carbocycles. The van der Waals surface area contributed by atoms with Gasteiger partial charge in [0.2, 0.25) is 5.91 Å². The largest absolute Gasteiger partial charge is 0.370 e. The zero-order valence-corrected chi connectivity index (χ0v) is 11.4. The van der Waals surface area contributed by atoms with Crippen LogP contribution >= 0.6 is 0 Å². The van der Waals surface area contributed by atoms with Crippen LogP contribution in [0.25, 0.3) is 0 Å². The molecule has 106 valence electrons. The van der Waals surface area contributed by atoms with Crippen molar-refractivity contribution in [3.8, 4) is 0 Å². The Morgan fingerprint density at radius 2 is 1.85 bits per heavy atom. The third-order valence-corrected chi connectivity index (χ3v) is 4.06. The number of benzene rings is 1. The van der Waals surface area contributed by atoms with Crippen molar-refractivity contribution < 1.29 is 19.2 Å². The van der Waals surface area contributed by atoms with Gasteiger partial charge >= 0.3 is 0 Å². The topological polar surface area (TPSA) is 51.1 Å². The minimum Gasteiger partial charge on any atom is -0.370 e. The molecule has 2 aliphatic rings. The first-order valence-electron chi connectivity index (χ1n) is 7.06. The Morgan fingerprint density at radius 3 is 2.55 bits per heavy atom. The number of carbonyl (C=O) groups is 2. The quantitative estimate of drug-likeness (QED) is 0.737. The molecule has 2 aliphatic heterocycles. The van der Waals surface area contributed by atoms with Gasteiger partial charge in [0, 0.05) is 0 Å². The summed E-state index contributed by atoms with van der Waals surface area (Å²) < 4.78 is 5.31. The molecular formula is C15H19N2O3+. The van der Waals surface area contributed by atoms with Gasteiger partial charge in [-0.15, -0.1) is 0 Å². The van der Waals surface area contributed by atoms with Gasteiger partial charge < -0.3 is 9.64 Å². The van der Waals surface area contributed by atoms with Crippen molar-refractivity contribution >= 4 is 11.8 Å². The van der Waals surface area contributed by atoms with Gasteiger partial charge in [-0.1, -0.05) is 30.3 Å². The van der Waals surface area contributed by atoms with Crippen molar-refractivity contribution in [2.75, 3.05) is 26.3 Å². The highest BCUT2D eigenvalue weighted by atomic mass is 16.5. The summed E-state index contributed by atoms with van der Waals surface area (Å²) in [6, 6.07) is 9.44. The maximum Gasteiger partial charge on any atom is 0.288 e. The van der Waals surface area contributed by atoms with Crippen LogP contribution in [-0.4, -0.2) is 49.1 Å². The molecule has 2 fully saturated rings. The van der Waals surface area contributed by atoms with E-state index in [0.29, 0.717) is 26.2 Å². The van der Waals surface area contributed by atoms with E-state index in [-0.39, 0.29) is 17.9 Å². The Labute approximate surface area is 118 Å². The van der Waals surface area contributed by atoms with Crippen LogP contribution in [0, 0.1) is 0 Å². The second-order valence-corrected chi connectivity index (χ2v) is 5.33. The number of morpholine rings is 1. The smallest absolute Gasteiger partial charge is 0.288 e. The number of ether oxygens (including phenoxy) is 1. The van der Waals surface area contributed by atoms with Gasteiger partial charge in [-0.05, 0) is 5.56 Å². The molecule has 3 rings (SSSR count). The first-order chi connectivity index (χ1) is 9.75. The Kier molecular flexibility index (Phi) is 3.80. The van der Waals surface area contributed by atoms with Crippen LogP contribution in [0.5, 0.6) is 0 Å². The number of quaternary nitrogens is 1. The number of amides is 2. The summed E-state index contributed by atoms with van der Waals surface area (Å²) in [5.74, 6) is -0.0846. The molecule has 0 radical (unpaired) electrons. The molecule has 2 saturated heterocycles. The summed E-state index contributed by atoms with van der Waals surface area (Å²) >= 11 is 0. The standard InChI is InChI=1S/C15H18N2O3/c18-14-10-13(16-6-8-20-9-7-16)15(19)17(14)11-12-4-2-1-3-5-12/h1-5,13H,6-11H2/p+1/t13-/m1/s1. The molecular weight excluding hydrogens is 256 g/mol. The maximum absolute atomic E-state index is 12.5. The van der Waals surface area contributed by atoms with Crippen LogP contribution < -0.4 is 4.90 Å². The Hall–Kier alpha value is -1.72. The number of nitrogens with zero attached hydrogens (tertiary/aromatic N) is 1. The number of imide groups is 1. The molecule has 5 nitrogen and oxygen atoms in total. The third kappa shape index (κ3) is 2.59. The lowest BCUT2D eigenvalue weighted by Gasteiger charge is -2.27. The van der Waals surface area contributed by atoms with E-state index < -0.39 is 0 Å². The van der Waals surface area contributed by atoms with Crippen LogP contribution in [-0.2, 0) is 20.9 Å². The number of carbonyl (C=O) groups excluding carboxylic acids is 2. The monoisotopic (exact) mass is 275 g/mol. The van der Waals surface area contributed by atoms with E-state index in [1.165, 1.54) is 9.80 Å². The average Bonchev–Trinajstić information content (AvgIpc) is 2.77. The Morgan fingerprint density at radius 1 is 1.15 bits per heavy atom. The molecule has 2 amide bonds. The highest BCUT2D eigenvalue weighted by molar-refractivity contribution is 6.04. The Bertz CT molecular complexity index is 497. The molecule has 5 heteroatoms. The maximum atomic E-state index is 12.5. The lowest BCUT2D eigenvalue weighted by molar-refractivity contribution is -0.922. The van der Waals surface area contributed by atoms with Gasteiger partial charge in [-0.3, -0.25) is 14.5 Å². The highest BCUT2D eigenvalue weighted by Crippen LogP contribution is 2.15. The molecule has 20 heavy (non-hydrogen) atoms. The van der Waals surface area contributed by atoms with Gasteiger partial charge in [0.15, 0.2) is 6.04 Å². The fourth-order valence-electron chi connectivity index (χ4n) is 2.92. The van der Waals surface area contributed by atoms with Gasteiger partial charge in [0.25, 0.3) is 5.91 Å². The van der Waals surface area contributed by atoms with Gasteiger partial charge in [0.1, 0.15) is 13.1 Å². The second kappa shape index (κ2) is 5.73. The van der Waals surface area contributed by atoms with Crippen LogP contribution in [0.1, 0.15) is 12.0 Å². The van der Waals surface area contributed by atoms with Gasteiger partial charge in [-0.25, -0.2) is 0 Å². The van der Waals surface area contributed by atoms with E-state index in [1.54, 1.807) is 0 Å². The van der Waals surface area contributed by atoms with E-state index >= 15 is 0 Å². The summed E-state index contributed by atoms with van der Waals surface area (Å²) in [5.41, 5.74) is 0.992. The molecule has 1 aromatic rings. The number of hydrogen-bond acceptors (Lipinski definition) is 3.